The number of primary amides is 1. The van der Waals surface area contributed by atoms with Gasteiger partial charge in [-0.2, -0.15) is 0 Å². The molecule has 0 spiro atoms. The Kier molecular flexibility index (Phi) is 6.37. The number of phenols is 1. The predicted molar refractivity (Wildman–Crippen MR) is 143 cm³/mol. The van der Waals surface area contributed by atoms with Crippen LogP contribution in [0.4, 0.5) is 0 Å². The van der Waals surface area contributed by atoms with E-state index in [1.54, 1.807) is 6.07 Å². The minimum absolute atomic E-state index is 0.0564. The van der Waals surface area contributed by atoms with Crippen molar-refractivity contribution in [3.63, 3.8) is 0 Å². The summed E-state index contributed by atoms with van der Waals surface area (Å²) in [6, 6.07) is 8.40. The first kappa shape index (κ1) is 27.8. The summed E-state index contributed by atoms with van der Waals surface area (Å²) in [5.41, 5.74) is 1.08. The van der Waals surface area contributed by atoms with E-state index < -0.39 is 81.4 Å². The smallest absolute Gasteiger partial charge is 0.335 e. The molecule has 8 N–H and O–H groups in total. The average Bonchev–Trinajstić information content (AvgIpc) is 2.90. The zero-order valence-electron chi connectivity index (χ0n) is 21.8. The van der Waals surface area contributed by atoms with Gasteiger partial charge in [0.2, 0.25) is 0 Å². The number of Topliss-reactive ketones (excluding diaryl/α,β-unsaturated/α-hetero) is 2. The third kappa shape index (κ3) is 3.79. The van der Waals surface area contributed by atoms with Crippen LogP contribution in [0.2, 0.25) is 0 Å². The van der Waals surface area contributed by atoms with Crippen LogP contribution in [0.5, 0.6) is 5.75 Å². The van der Waals surface area contributed by atoms with Crippen molar-refractivity contribution < 1.29 is 49.8 Å². The molecule has 212 valence electrons. The monoisotopic (exact) mass is 562 g/mol. The third-order valence-electron chi connectivity index (χ3n) is 7.99. The number of fused-ring (bicyclic) bond motifs is 3. The molecule has 0 saturated heterocycles. The Balaban J connectivity index is 1.88. The number of nitrogens with two attached hydrogens (primary N) is 1. The van der Waals surface area contributed by atoms with Crippen LogP contribution in [0.3, 0.4) is 0 Å². The minimum atomic E-state index is -2.98. The molecule has 0 bridgehead atoms. The van der Waals surface area contributed by atoms with Gasteiger partial charge in [0.25, 0.3) is 5.91 Å². The van der Waals surface area contributed by atoms with Crippen molar-refractivity contribution in [3.8, 4) is 5.75 Å². The normalized spacial score (nSPS) is 28.5. The number of aromatic carboxylic acids is 1. The number of aliphatic hydroxyl groups is 4. The van der Waals surface area contributed by atoms with Crippen molar-refractivity contribution in [2.45, 2.75) is 17.7 Å². The molecule has 5 atom stereocenters. The summed E-state index contributed by atoms with van der Waals surface area (Å²) in [6.07, 6.45) is -0.380. The number of carbonyl (C=O) groups is 4. The van der Waals surface area contributed by atoms with E-state index in [1.807, 2.05) is 0 Å². The minimum Gasteiger partial charge on any atom is -0.508 e. The predicted octanol–water partition coefficient (Wildman–Crippen LogP) is 0.788. The molecule has 0 aliphatic heterocycles. The zero-order valence-corrected chi connectivity index (χ0v) is 21.8. The second-order valence-corrected chi connectivity index (χ2v) is 10.4. The summed E-state index contributed by atoms with van der Waals surface area (Å²) < 4.78 is 0. The highest BCUT2D eigenvalue weighted by Gasteiger charge is 2.66. The fourth-order valence-electron chi connectivity index (χ4n) is 6.25. The number of rotatable bonds is 4. The Morgan fingerprint density at radius 1 is 1.02 bits per heavy atom. The van der Waals surface area contributed by atoms with Crippen LogP contribution in [-0.2, 0) is 9.59 Å². The number of hydrogen-bond donors (Lipinski definition) is 7. The Morgan fingerprint density at radius 2 is 1.68 bits per heavy atom. The number of likely N-dealkylation sites (N-methyl/N-ethyl adjacent to an activating group) is 1. The number of aromatic hydroxyl groups is 1. The number of carbonyl (C=O) groups excluding carboxylic acids is 3. The number of benzene rings is 2. The van der Waals surface area contributed by atoms with Gasteiger partial charge in [0.05, 0.1) is 34.8 Å². The van der Waals surface area contributed by atoms with Gasteiger partial charge in [-0.05, 0) is 49.0 Å². The first-order valence-corrected chi connectivity index (χ1v) is 12.4. The summed E-state index contributed by atoms with van der Waals surface area (Å²) in [7, 11) is 2.83. The Hall–Kier alpha value is -4.78. The number of phenolic OH excluding ortho intramolecular Hbond substituents is 1. The van der Waals surface area contributed by atoms with Gasteiger partial charge in [-0.3, -0.25) is 19.3 Å². The molecule has 2 aromatic rings. The maximum absolute atomic E-state index is 13.8. The molecule has 5 rings (SSSR count). The van der Waals surface area contributed by atoms with Crippen LogP contribution in [0.25, 0.3) is 11.6 Å². The quantitative estimate of drug-likeness (QED) is 0.258. The Bertz CT molecular complexity index is 1650. The van der Waals surface area contributed by atoms with Crippen molar-refractivity contribution in [1.29, 1.82) is 0 Å². The molecule has 0 heterocycles. The molecule has 0 fully saturated rings. The van der Waals surface area contributed by atoms with Crippen LogP contribution in [0, 0.1) is 11.8 Å². The molecule has 12 heteroatoms. The van der Waals surface area contributed by atoms with Crippen molar-refractivity contribution in [2.75, 3.05) is 14.1 Å². The molecule has 41 heavy (non-hydrogen) atoms. The third-order valence-corrected chi connectivity index (χ3v) is 7.99. The van der Waals surface area contributed by atoms with E-state index in [-0.39, 0.29) is 22.3 Å². The summed E-state index contributed by atoms with van der Waals surface area (Å²) in [4.78, 5) is 52.2. The first-order valence-electron chi connectivity index (χ1n) is 12.4. The van der Waals surface area contributed by atoms with E-state index in [0.29, 0.717) is 5.56 Å². The molecule has 0 radical (unpaired) electrons. The van der Waals surface area contributed by atoms with Crippen molar-refractivity contribution >= 4 is 35.1 Å². The molecule has 3 aliphatic carbocycles. The van der Waals surface area contributed by atoms with Gasteiger partial charge in [-0.15, -0.1) is 0 Å². The number of nitrogens with zero attached hydrogens (tertiary/aromatic N) is 1. The summed E-state index contributed by atoms with van der Waals surface area (Å²) in [5, 5.41) is 66.4. The Morgan fingerprint density at radius 3 is 2.29 bits per heavy atom. The number of carboxylic acids is 1. The van der Waals surface area contributed by atoms with E-state index in [1.165, 1.54) is 61.5 Å². The van der Waals surface area contributed by atoms with Crippen LogP contribution in [0.1, 0.15) is 31.8 Å². The van der Waals surface area contributed by atoms with Crippen molar-refractivity contribution in [3.05, 3.63) is 87.4 Å². The molecule has 2 aromatic carbocycles. The number of hydrogen-bond acceptors (Lipinski definition) is 10. The first-order chi connectivity index (χ1) is 19.2. The second-order valence-electron chi connectivity index (χ2n) is 10.4. The molecule has 0 unspecified atom stereocenters. The van der Waals surface area contributed by atoms with Crippen LogP contribution in [-0.4, -0.2) is 90.8 Å². The largest absolute Gasteiger partial charge is 0.508 e. The van der Waals surface area contributed by atoms with E-state index in [4.69, 9.17) is 5.73 Å². The van der Waals surface area contributed by atoms with E-state index in [9.17, 15) is 49.8 Å². The van der Waals surface area contributed by atoms with E-state index >= 15 is 0 Å². The van der Waals surface area contributed by atoms with Crippen LogP contribution >= 0.6 is 0 Å². The number of aliphatic hydroxyl groups excluding tert-OH is 3. The molecule has 0 aromatic heterocycles. The topological polar surface area (TPSA) is 219 Å². The number of amides is 1. The molecule has 3 aliphatic rings. The van der Waals surface area contributed by atoms with Gasteiger partial charge in [0, 0.05) is 5.92 Å². The summed E-state index contributed by atoms with van der Waals surface area (Å²) in [6.45, 7) is 0. The molecule has 0 saturated carbocycles. The lowest BCUT2D eigenvalue weighted by atomic mass is 9.56. The molecular formula is C29H26N2O10. The summed E-state index contributed by atoms with van der Waals surface area (Å²) >= 11 is 0. The van der Waals surface area contributed by atoms with E-state index in [0.717, 1.165) is 0 Å². The lowest BCUT2D eigenvalue weighted by Crippen LogP contribution is -2.67. The molecule has 1 amide bonds. The maximum atomic E-state index is 13.8. The fraction of sp³-hybridized carbons (Fsp3) is 0.241. The lowest BCUT2D eigenvalue weighted by molar-refractivity contribution is -0.148. The Labute approximate surface area is 232 Å². The average molecular weight is 563 g/mol. The SMILES string of the molecule is CN(C)[C@@H]1C(=O)C(C(N)=O)=C(O)[C@@]2(O)C(O)=C3C(=O)c4c(O)cccc4/C(=C\c4cccc(C(=O)O)c4)[C@H]3[C@H](O)[C@@H]12. The van der Waals surface area contributed by atoms with Gasteiger partial charge in [-0.1, -0.05) is 30.3 Å². The fourth-order valence-corrected chi connectivity index (χ4v) is 6.25. The standard InChI is InChI=1S/C29H26N2O10/c1-31(2)21-20-23(34)17-14(10-11-5-3-6-12(9-11)28(39)40)13-7-4-8-15(32)16(13)22(33)18(17)25(36)29(20,41)26(37)19(24(21)35)27(30)38/h3-10,17,20-21,23,32,34,36-37,41H,1-2H3,(H2,30,38)(H,39,40)/b14-10+/t17-,20-,21+,23+,29+/m1/s1. The van der Waals surface area contributed by atoms with Crippen LogP contribution in [0.15, 0.2) is 65.1 Å². The van der Waals surface area contributed by atoms with Gasteiger partial charge < -0.3 is 36.4 Å². The molecular weight excluding hydrogens is 536 g/mol. The van der Waals surface area contributed by atoms with Crippen LogP contribution < -0.4 is 5.73 Å². The number of ketones is 2. The summed E-state index contributed by atoms with van der Waals surface area (Å²) in [5.74, 6) is -10.6. The van der Waals surface area contributed by atoms with E-state index in [2.05, 4.69) is 0 Å². The number of carboxylic acid groups (broad SMARTS) is 1. The maximum Gasteiger partial charge on any atom is 0.335 e. The lowest BCUT2D eigenvalue weighted by Gasteiger charge is -2.53. The van der Waals surface area contributed by atoms with Crippen molar-refractivity contribution in [2.24, 2.45) is 17.6 Å². The van der Waals surface area contributed by atoms with Gasteiger partial charge in [0.1, 0.15) is 22.8 Å². The highest BCUT2D eigenvalue weighted by Crippen LogP contribution is 2.56. The van der Waals surface area contributed by atoms with Gasteiger partial charge >= 0.3 is 5.97 Å². The van der Waals surface area contributed by atoms with Gasteiger partial charge in [-0.25, -0.2) is 4.79 Å². The second kappa shape index (κ2) is 9.41. The van der Waals surface area contributed by atoms with Crippen molar-refractivity contribution in [1.82, 2.24) is 4.90 Å². The molecule has 12 nitrogen and oxygen atoms in total. The van der Waals surface area contributed by atoms with Gasteiger partial charge in [0.15, 0.2) is 17.2 Å². The highest BCUT2D eigenvalue weighted by atomic mass is 16.4. The highest BCUT2D eigenvalue weighted by molar-refractivity contribution is 6.23. The zero-order chi connectivity index (χ0) is 30.1.